The molecule has 672 valence electrons. The number of furan rings is 2. The fraction of sp³-hybridized carbons (Fsp3) is 0. The third-order valence-corrected chi connectivity index (χ3v) is 29.9. The van der Waals surface area contributed by atoms with Gasteiger partial charge < -0.3 is 8.83 Å². The van der Waals surface area contributed by atoms with Crippen molar-refractivity contribution in [2.24, 2.45) is 0 Å². The minimum absolute atomic E-state index is 0.889. The molecular formula is C133H77N9O2S. The lowest BCUT2D eigenvalue weighted by atomic mass is 9.96. The Morgan fingerprint density at radius 1 is 0.159 bits per heavy atom. The van der Waals surface area contributed by atoms with Gasteiger partial charge >= 0.3 is 0 Å². The van der Waals surface area contributed by atoms with Crippen LogP contribution in [0.3, 0.4) is 0 Å². The van der Waals surface area contributed by atoms with Crippen LogP contribution < -0.4 is 0 Å². The number of thiophene rings is 1. The average Bonchev–Trinajstić information content (AvgIpc) is 1.63. The molecule has 0 aliphatic carbocycles. The van der Waals surface area contributed by atoms with Crippen molar-refractivity contribution in [2.75, 3.05) is 0 Å². The first kappa shape index (κ1) is 82.8. The van der Waals surface area contributed by atoms with Crippen molar-refractivity contribution >= 4 is 217 Å². The Balaban J connectivity index is 0.000000103. The Morgan fingerprint density at radius 3 is 0.869 bits per heavy atom. The summed E-state index contributed by atoms with van der Waals surface area (Å²) in [5.41, 5.74) is 29.9. The van der Waals surface area contributed by atoms with Crippen molar-refractivity contribution in [3.05, 3.63) is 467 Å². The predicted octanol–water partition coefficient (Wildman–Crippen LogP) is 35.8. The second-order valence-corrected chi connectivity index (χ2v) is 38.2. The van der Waals surface area contributed by atoms with E-state index in [0.717, 1.165) is 265 Å². The summed E-state index contributed by atoms with van der Waals surface area (Å²) < 4.78 is 15.7. The molecule has 0 bridgehead atoms. The SMILES string of the molecule is c1ccc(-c2ccc3ccc4ccc(-c5ccc(-c6nc7ccccc7c7c6ccc6c8ccccc8oc67)cc5)nc4c3n2)cc1.c1ccc(-c2ccc3ccc4ccc(-c5ccc6cc(-c7nc8ccccc8c8c7ccc7c9ccccc9sc78)ccc6c5)nc4c3n2)cc1.c1ccc(-c2ccc3ccc4ccc(-c5cccc(-c6nc7ccccc7c7c6ccc6c8ccccc8oc67)c5)nc4c3n2)cc1. The number of benzene rings is 19. The highest BCUT2D eigenvalue weighted by Gasteiger charge is 2.25. The first-order chi connectivity index (χ1) is 71.8. The first-order valence-corrected chi connectivity index (χ1v) is 49.6. The molecule has 0 aliphatic heterocycles. The fourth-order valence-electron chi connectivity index (χ4n) is 21.6. The predicted molar refractivity (Wildman–Crippen MR) is 603 cm³/mol. The van der Waals surface area contributed by atoms with Gasteiger partial charge in [-0.1, -0.05) is 364 Å². The molecule has 12 heteroatoms. The summed E-state index contributed by atoms with van der Waals surface area (Å²) in [7, 11) is 0. The van der Waals surface area contributed by atoms with Crippen molar-refractivity contribution in [2.45, 2.75) is 0 Å². The van der Waals surface area contributed by atoms with Crippen molar-refractivity contribution in [1.29, 1.82) is 0 Å². The highest BCUT2D eigenvalue weighted by Crippen LogP contribution is 2.48. The van der Waals surface area contributed by atoms with Crippen LogP contribution in [0.5, 0.6) is 0 Å². The number of aromatic nitrogens is 9. The molecule has 145 heavy (non-hydrogen) atoms. The molecular weight excluding hydrogens is 1790 g/mol. The van der Waals surface area contributed by atoms with Gasteiger partial charge in [0.15, 0.2) is 0 Å². The highest BCUT2D eigenvalue weighted by molar-refractivity contribution is 7.26. The van der Waals surface area contributed by atoms with E-state index in [9.17, 15) is 0 Å². The standard InChI is InChI=1S/C47H27N3S.2C43H25N3O/c1-2-8-28(9-3-1)39-24-20-29-14-15-30-21-25-40(49-46(30)45(29)48-39)33-18-16-32-27-34(19-17-31(32)26-33)44-38-23-22-36-35-10-5-7-13-42(35)51-47(36)43(38)37-11-4-6-12-41(37)50-44;1-2-9-26(10-3-1)35-23-19-27-17-18-28-20-24-36(45-42(28)41(27)44-35)29-11-8-12-30(25-29)40-34-22-21-32-31-13-5-7-16-38(31)47-43(32)39(34)33-14-4-6-15-37(33)46-40;1-2-8-26(9-3-1)35-24-20-29-18-19-30-21-25-36(45-42(30)41(29)44-35)27-14-16-28(17-15-27)40-34-23-22-32-31-10-5-7-13-38(31)47-43(32)39(34)33-11-4-6-12-37(33)46-40/h1-27H;2*1-25H. The van der Waals surface area contributed by atoms with Crippen molar-refractivity contribution in [3.63, 3.8) is 0 Å². The Kier molecular flexibility index (Phi) is 19.3. The molecule has 0 fully saturated rings. The molecule has 0 spiro atoms. The summed E-state index contributed by atoms with van der Waals surface area (Å²) in [6.07, 6.45) is 0. The number of pyridine rings is 9. The van der Waals surface area contributed by atoms with Gasteiger partial charge in [-0.05, 0) is 114 Å². The van der Waals surface area contributed by atoms with Crippen LogP contribution in [-0.2, 0) is 0 Å². The van der Waals surface area contributed by atoms with Gasteiger partial charge in [-0.15, -0.1) is 11.3 Å². The van der Waals surface area contributed by atoms with E-state index in [-0.39, 0.29) is 0 Å². The third kappa shape index (κ3) is 14.1. The molecule has 0 N–H and O–H groups in total. The summed E-state index contributed by atoms with van der Waals surface area (Å²) in [6, 6.07) is 163. The molecule has 12 heterocycles. The normalized spacial score (nSPS) is 11.9. The van der Waals surface area contributed by atoms with E-state index in [1.807, 2.05) is 102 Å². The van der Waals surface area contributed by atoms with Crippen molar-refractivity contribution in [1.82, 2.24) is 44.9 Å². The topological polar surface area (TPSA) is 142 Å². The molecule has 0 atom stereocenters. The number of para-hydroxylation sites is 5. The maximum atomic E-state index is 6.53. The zero-order valence-electron chi connectivity index (χ0n) is 77.7. The van der Waals surface area contributed by atoms with Crippen LogP contribution in [0.25, 0.3) is 307 Å². The van der Waals surface area contributed by atoms with Crippen LogP contribution in [0, 0.1) is 0 Å². The molecule has 12 aromatic heterocycles. The number of hydrogen-bond acceptors (Lipinski definition) is 12. The number of rotatable bonds is 9. The molecule has 0 aliphatic rings. The Hall–Kier alpha value is -19.3. The average molecular weight is 1870 g/mol. The maximum Gasteiger partial charge on any atom is 0.144 e. The van der Waals surface area contributed by atoms with E-state index in [0.29, 0.717) is 0 Å². The van der Waals surface area contributed by atoms with Gasteiger partial charge in [0.05, 0.1) is 101 Å². The summed E-state index contributed by atoms with van der Waals surface area (Å²) >= 11 is 1.87. The summed E-state index contributed by atoms with van der Waals surface area (Å²) in [4.78, 5) is 46.5. The lowest BCUT2D eigenvalue weighted by Gasteiger charge is -2.12. The van der Waals surface area contributed by atoms with Gasteiger partial charge in [-0.2, -0.15) is 0 Å². The second-order valence-electron chi connectivity index (χ2n) is 37.2. The van der Waals surface area contributed by atoms with Crippen LogP contribution in [0.1, 0.15) is 0 Å². The van der Waals surface area contributed by atoms with E-state index in [1.54, 1.807) is 0 Å². The summed E-state index contributed by atoms with van der Waals surface area (Å²) in [5.74, 6) is 0. The lowest BCUT2D eigenvalue weighted by Crippen LogP contribution is -1.92. The fourth-order valence-corrected chi connectivity index (χ4v) is 22.8. The second kappa shape index (κ2) is 33.8. The van der Waals surface area contributed by atoms with E-state index >= 15 is 0 Å². The summed E-state index contributed by atoms with van der Waals surface area (Å²) in [6.45, 7) is 0. The molecule has 0 saturated heterocycles. The van der Waals surface area contributed by atoms with Gasteiger partial charge in [0.1, 0.15) is 22.3 Å². The number of nitrogens with zero attached hydrogens (tertiary/aromatic N) is 9. The number of hydrogen-bond donors (Lipinski definition) is 0. The molecule has 0 saturated carbocycles. The van der Waals surface area contributed by atoms with Gasteiger partial charge in [0, 0.05) is 173 Å². The molecule has 31 aromatic rings. The molecule has 11 nitrogen and oxygen atoms in total. The van der Waals surface area contributed by atoms with Gasteiger partial charge in [-0.25, -0.2) is 44.9 Å². The summed E-state index contributed by atoms with van der Waals surface area (Å²) in [5, 5.41) is 26.0. The van der Waals surface area contributed by atoms with E-state index in [4.69, 9.17) is 53.7 Å². The Labute approximate surface area is 832 Å². The largest absolute Gasteiger partial charge is 0.455 e. The Morgan fingerprint density at radius 2 is 0.434 bits per heavy atom. The van der Waals surface area contributed by atoms with Crippen LogP contribution >= 0.6 is 11.3 Å². The van der Waals surface area contributed by atoms with Crippen molar-refractivity contribution < 1.29 is 8.83 Å². The quantitative estimate of drug-likeness (QED) is 0.127. The lowest BCUT2D eigenvalue weighted by molar-refractivity contribution is 0.672. The minimum atomic E-state index is 0.889. The first-order valence-electron chi connectivity index (χ1n) is 48.7. The van der Waals surface area contributed by atoms with E-state index < -0.39 is 0 Å². The number of fused-ring (bicyclic) bond motifs is 31. The third-order valence-electron chi connectivity index (χ3n) is 28.7. The molecule has 0 radical (unpaired) electrons. The van der Waals surface area contributed by atoms with E-state index in [2.05, 4.69) is 376 Å². The van der Waals surface area contributed by atoms with Gasteiger partial charge in [0.2, 0.25) is 0 Å². The zero-order valence-corrected chi connectivity index (χ0v) is 78.5. The van der Waals surface area contributed by atoms with Gasteiger partial charge in [-0.3, -0.25) is 0 Å². The molecule has 19 aromatic carbocycles. The highest BCUT2D eigenvalue weighted by atomic mass is 32.1. The van der Waals surface area contributed by atoms with Crippen molar-refractivity contribution in [3.8, 4) is 101 Å². The van der Waals surface area contributed by atoms with Crippen LogP contribution in [-0.4, -0.2) is 44.9 Å². The molecule has 0 amide bonds. The van der Waals surface area contributed by atoms with Gasteiger partial charge in [0.25, 0.3) is 0 Å². The molecule has 31 rings (SSSR count). The maximum absolute atomic E-state index is 6.53. The zero-order chi connectivity index (χ0) is 95.3. The smallest absolute Gasteiger partial charge is 0.144 e. The van der Waals surface area contributed by atoms with Crippen LogP contribution in [0.4, 0.5) is 0 Å². The minimum Gasteiger partial charge on any atom is -0.455 e. The molecule has 0 unspecified atom stereocenters. The van der Waals surface area contributed by atoms with E-state index in [1.165, 1.54) is 41.7 Å². The Bertz CT molecular complexity index is 10800. The van der Waals surface area contributed by atoms with Crippen LogP contribution in [0.15, 0.2) is 476 Å². The van der Waals surface area contributed by atoms with Crippen LogP contribution in [0.2, 0.25) is 0 Å². The monoisotopic (exact) mass is 1860 g/mol.